The minimum Gasteiger partial charge on any atom is -0.420 e. The van der Waals surface area contributed by atoms with Crippen LogP contribution in [0.4, 0.5) is 13.2 Å². The number of carbonyl (C=O) groups excluding carboxylic acids is 1. The van der Waals surface area contributed by atoms with Crippen molar-refractivity contribution in [3.63, 3.8) is 0 Å². The van der Waals surface area contributed by atoms with Gasteiger partial charge in [-0.1, -0.05) is 0 Å². The lowest BCUT2D eigenvalue weighted by Gasteiger charge is -2.21. The number of fused-ring (bicyclic) bond motifs is 1. The monoisotopic (exact) mass is 296 g/mol. The zero-order chi connectivity index (χ0) is 15.0. The molecule has 0 atom stereocenters. The SMILES string of the molecule is O=C(Oc1ccc(F)c(F)c1F)C1=C2CCCN2C=NC1. The van der Waals surface area contributed by atoms with Crippen molar-refractivity contribution < 1.29 is 22.7 Å². The number of allylic oxidation sites excluding steroid dienone is 1. The molecule has 110 valence electrons. The van der Waals surface area contributed by atoms with Gasteiger partial charge in [0.15, 0.2) is 17.4 Å². The Balaban J connectivity index is 1.86. The zero-order valence-corrected chi connectivity index (χ0v) is 10.9. The molecule has 2 heterocycles. The molecule has 0 radical (unpaired) electrons. The van der Waals surface area contributed by atoms with Crippen molar-refractivity contribution in [1.82, 2.24) is 4.90 Å². The summed E-state index contributed by atoms with van der Waals surface area (Å²) in [5, 5.41) is 0. The van der Waals surface area contributed by atoms with E-state index in [0.29, 0.717) is 18.1 Å². The standard InChI is InChI=1S/C14H11F3N2O2/c15-9-3-4-11(13(17)12(9)16)21-14(20)8-6-18-7-19-5-1-2-10(8)19/h3-4,7H,1-2,5-6H2. The Hall–Kier alpha value is -2.31. The van der Waals surface area contributed by atoms with Crippen LogP contribution in [0.3, 0.4) is 0 Å². The molecule has 0 spiro atoms. The molecule has 0 N–H and O–H groups in total. The normalized spacial score (nSPS) is 17.2. The number of rotatable bonds is 2. The third-order valence-corrected chi connectivity index (χ3v) is 3.43. The number of halogens is 3. The Bertz CT molecular complexity index is 670. The van der Waals surface area contributed by atoms with Gasteiger partial charge in [-0.3, -0.25) is 4.99 Å². The molecular weight excluding hydrogens is 285 g/mol. The van der Waals surface area contributed by atoms with Crippen LogP contribution in [0, 0.1) is 17.5 Å². The molecule has 4 nitrogen and oxygen atoms in total. The Morgan fingerprint density at radius 1 is 1.24 bits per heavy atom. The van der Waals surface area contributed by atoms with Crippen LogP contribution in [-0.2, 0) is 4.79 Å². The van der Waals surface area contributed by atoms with Crippen LogP contribution in [-0.4, -0.2) is 30.3 Å². The molecule has 1 fully saturated rings. The highest BCUT2D eigenvalue weighted by molar-refractivity contribution is 5.93. The predicted octanol–water partition coefficient (Wildman–Crippen LogP) is 2.40. The van der Waals surface area contributed by atoms with E-state index >= 15 is 0 Å². The van der Waals surface area contributed by atoms with Crippen molar-refractivity contribution in [2.75, 3.05) is 13.1 Å². The van der Waals surface area contributed by atoms with Crippen LogP contribution >= 0.6 is 0 Å². The van der Waals surface area contributed by atoms with Gasteiger partial charge in [0.05, 0.1) is 18.5 Å². The minimum absolute atomic E-state index is 0.135. The number of hydrogen-bond acceptors (Lipinski definition) is 4. The van der Waals surface area contributed by atoms with Gasteiger partial charge in [0.2, 0.25) is 5.82 Å². The second-order valence-electron chi connectivity index (χ2n) is 4.74. The summed E-state index contributed by atoms with van der Waals surface area (Å²) >= 11 is 0. The largest absolute Gasteiger partial charge is 0.420 e. The van der Waals surface area contributed by atoms with E-state index in [-0.39, 0.29) is 6.54 Å². The topological polar surface area (TPSA) is 41.9 Å². The predicted molar refractivity (Wildman–Crippen MR) is 68.3 cm³/mol. The van der Waals surface area contributed by atoms with Gasteiger partial charge in [-0.25, -0.2) is 13.6 Å². The van der Waals surface area contributed by atoms with Crippen LogP contribution in [0.1, 0.15) is 12.8 Å². The van der Waals surface area contributed by atoms with Crippen LogP contribution in [0.25, 0.3) is 0 Å². The van der Waals surface area contributed by atoms with Gasteiger partial charge in [0, 0.05) is 12.2 Å². The number of carbonyl (C=O) groups is 1. The molecule has 0 unspecified atom stereocenters. The lowest BCUT2D eigenvalue weighted by molar-refractivity contribution is -0.130. The third kappa shape index (κ3) is 2.39. The Kier molecular flexibility index (Phi) is 3.40. The minimum atomic E-state index is -1.66. The van der Waals surface area contributed by atoms with Crippen molar-refractivity contribution in [2.45, 2.75) is 12.8 Å². The molecule has 0 amide bonds. The highest BCUT2D eigenvalue weighted by Crippen LogP contribution is 2.28. The lowest BCUT2D eigenvalue weighted by Crippen LogP contribution is -2.26. The molecule has 1 saturated heterocycles. The van der Waals surface area contributed by atoms with E-state index in [1.807, 2.05) is 4.90 Å². The molecular formula is C14H11F3N2O2. The second-order valence-corrected chi connectivity index (χ2v) is 4.74. The maximum Gasteiger partial charge on any atom is 0.343 e. The van der Waals surface area contributed by atoms with Gasteiger partial charge in [-0.15, -0.1) is 0 Å². The molecule has 1 aromatic carbocycles. The van der Waals surface area contributed by atoms with Crippen LogP contribution in [0.2, 0.25) is 0 Å². The van der Waals surface area contributed by atoms with E-state index in [2.05, 4.69) is 4.99 Å². The first-order chi connectivity index (χ1) is 10.1. The Morgan fingerprint density at radius 3 is 2.86 bits per heavy atom. The number of aliphatic imine (C=N–C) groups is 1. The first-order valence-corrected chi connectivity index (χ1v) is 6.42. The number of benzene rings is 1. The van der Waals surface area contributed by atoms with Gasteiger partial charge in [-0.05, 0) is 25.0 Å². The van der Waals surface area contributed by atoms with Gasteiger partial charge >= 0.3 is 5.97 Å². The number of hydrogen-bond donors (Lipinski definition) is 0. The van der Waals surface area contributed by atoms with Crippen LogP contribution in [0.5, 0.6) is 5.75 Å². The average Bonchev–Trinajstić information content (AvgIpc) is 2.96. The van der Waals surface area contributed by atoms with E-state index in [1.54, 1.807) is 6.34 Å². The van der Waals surface area contributed by atoms with Crippen molar-refractivity contribution in [3.05, 3.63) is 40.9 Å². The van der Waals surface area contributed by atoms with Gasteiger partial charge in [-0.2, -0.15) is 4.39 Å². The van der Waals surface area contributed by atoms with Gasteiger partial charge < -0.3 is 9.64 Å². The van der Waals surface area contributed by atoms with E-state index in [1.165, 1.54) is 0 Å². The zero-order valence-electron chi connectivity index (χ0n) is 10.9. The molecule has 0 aliphatic carbocycles. The summed E-state index contributed by atoms with van der Waals surface area (Å²) in [4.78, 5) is 18.0. The Morgan fingerprint density at radius 2 is 2.05 bits per heavy atom. The molecule has 0 aromatic heterocycles. The molecule has 3 rings (SSSR count). The van der Waals surface area contributed by atoms with Crippen molar-refractivity contribution in [3.8, 4) is 5.75 Å². The van der Waals surface area contributed by atoms with Crippen LogP contribution in [0.15, 0.2) is 28.4 Å². The Labute approximate surface area is 118 Å². The first kappa shape index (κ1) is 13.7. The smallest absolute Gasteiger partial charge is 0.343 e. The van der Waals surface area contributed by atoms with E-state index in [9.17, 15) is 18.0 Å². The summed E-state index contributed by atoms with van der Waals surface area (Å²) in [6, 6.07) is 1.59. The third-order valence-electron chi connectivity index (χ3n) is 3.43. The highest BCUT2D eigenvalue weighted by Gasteiger charge is 2.28. The van der Waals surface area contributed by atoms with Gasteiger partial charge in [0.1, 0.15) is 0 Å². The quantitative estimate of drug-likeness (QED) is 0.478. The van der Waals surface area contributed by atoms with Crippen LogP contribution < -0.4 is 4.74 Å². The van der Waals surface area contributed by atoms with Crippen molar-refractivity contribution in [2.24, 2.45) is 4.99 Å². The fraction of sp³-hybridized carbons (Fsp3) is 0.286. The molecule has 0 bridgehead atoms. The molecule has 0 saturated carbocycles. The molecule has 21 heavy (non-hydrogen) atoms. The summed E-state index contributed by atoms with van der Waals surface area (Å²) in [6.07, 6.45) is 3.24. The summed E-state index contributed by atoms with van der Waals surface area (Å²) in [5.41, 5.74) is 1.11. The number of nitrogens with zero attached hydrogens (tertiary/aromatic N) is 2. The molecule has 2 aliphatic heterocycles. The summed E-state index contributed by atoms with van der Waals surface area (Å²) in [5.74, 6) is -5.94. The summed E-state index contributed by atoms with van der Waals surface area (Å²) < 4.78 is 44.3. The summed E-state index contributed by atoms with van der Waals surface area (Å²) in [6.45, 7) is 0.894. The molecule has 1 aromatic rings. The first-order valence-electron chi connectivity index (χ1n) is 6.42. The highest BCUT2D eigenvalue weighted by atomic mass is 19.2. The van der Waals surface area contributed by atoms with Crippen molar-refractivity contribution >= 4 is 12.3 Å². The van der Waals surface area contributed by atoms with Crippen molar-refractivity contribution in [1.29, 1.82) is 0 Å². The second kappa shape index (κ2) is 5.23. The van der Waals surface area contributed by atoms with E-state index in [4.69, 9.17) is 4.74 Å². The molecule has 2 aliphatic rings. The summed E-state index contributed by atoms with van der Waals surface area (Å²) in [7, 11) is 0. The fourth-order valence-electron chi connectivity index (χ4n) is 2.40. The fourth-order valence-corrected chi connectivity index (χ4v) is 2.40. The average molecular weight is 296 g/mol. The van der Waals surface area contributed by atoms with E-state index < -0.39 is 29.2 Å². The van der Waals surface area contributed by atoms with E-state index in [0.717, 1.165) is 24.7 Å². The molecule has 7 heteroatoms. The lowest BCUT2D eigenvalue weighted by atomic mass is 10.1. The number of ether oxygens (including phenoxy) is 1. The maximum absolute atomic E-state index is 13.5. The van der Waals surface area contributed by atoms with Gasteiger partial charge in [0.25, 0.3) is 0 Å². The number of esters is 1. The maximum atomic E-state index is 13.5.